The predicted octanol–water partition coefficient (Wildman–Crippen LogP) is 2.04. The lowest BCUT2D eigenvalue weighted by atomic mass is 9.87. The molecule has 3 N–H and O–H groups in total. The molecule has 0 amide bonds. The number of aliphatic hydroxyl groups is 2. The number of carboxylic acids is 1. The smallest absolute Gasteiger partial charge is 0.336 e. The van der Waals surface area contributed by atoms with Crippen molar-refractivity contribution in [3.63, 3.8) is 0 Å². The third-order valence-corrected chi connectivity index (χ3v) is 3.62. The molecule has 0 aromatic heterocycles. The molecule has 116 valence electrons. The third kappa shape index (κ3) is 4.41. The summed E-state index contributed by atoms with van der Waals surface area (Å²) < 4.78 is 0. The Kier molecular flexibility index (Phi) is 5.31. The SMILES string of the molecule is O=C(O)C(O)(Cc1ccccc1)CC(O)Cc1ccccc1. The fourth-order valence-electron chi connectivity index (χ4n) is 2.52. The van der Waals surface area contributed by atoms with Gasteiger partial charge in [-0.1, -0.05) is 60.7 Å². The van der Waals surface area contributed by atoms with Crippen LogP contribution in [0, 0.1) is 0 Å². The molecule has 0 aliphatic heterocycles. The number of hydrogen-bond acceptors (Lipinski definition) is 3. The van der Waals surface area contributed by atoms with E-state index in [4.69, 9.17) is 0 Å². The van der Waals surface area contributed by atoms with Crippen molar-refractivity contribution in [2.45, 2.75) is 31.0 Å². The maximum atomic E-state index is 11.5. The molecular formula is C18H20O4. The first kappa shape index (κ1) is 16.2. The van der Waals surface area contributed by atoms with E-state index < -0.39 is 17.7 Å². The highest BCUT2D eigenvalue weighted by atomic mass is 16.4. The zero-order chi connectivity index (χ0) is 16.0. The number of carboxylic acid groups (broad SMARTS) is 1. The van der Waals surface area contributed by atoms with Gasteiger partial charge in [0.25, 0.3) is 0 Å². The number of benzene rings is 2. The van der Waals surface area contributed by atoms with E-state index in [0.717, 1.165) is 11.1 Å². The van der Waals surface area contributed by atoms with Gasteiger partial charge in [0.05, 0.1) is 6.10 Å². The Hall–Kier alpha value is -2.17. The van der Waals surface area contributed by atoms with Gasteiger partial charge in [-0.2, -0.15) is 0 Å². The number of aliphatic carboxylic acids is 1. The largest absolute Gasteiger partial charge is 0.479 e. The summed E-state index contributed by atoms with van der Waals surface area (Å²) in [5.41, 5.74) is -0.350. The van der Waals surface area contributed by atoms with Gasteiger partial charge in [0.1, 0.15) is 0 Å². The molecule has 4 nitrogen and oxygen atoms in total. The zero-order valence-corrected chi connectivity index (χ0v) is 12.2. The van der Waals surface area contributed by atoms with Gasteiger partial charge in [-0.15, -0.1) is 0 Å². The molecule has 0 radical (unpaired) electrons. The average Bonchev–Trinajstić information content (AvgIpc) is 2.48. The van der Waals surface area contributed by atoms with Crippen LogP contribution in [0.15, 0.2) is 60.7 Å². The summed E-state index contributed by atoms with van der Waals surface area (Å²) in [6.45, 7) is 0. The van der Waals surface area contributed by atoms with Gasteiger partial charge in [-0.25, -0.2) is 4.79 Å². The molecular weight excluding hydrogens is 280 g/mol. The van der Waals surface area contributed by atoms with Crippen LogP contribution < -0.4 is 0 Å². The molecule has 4 heteroatoms. The number of hydrogen-bond donors (Lipinski definition) is 3. The lowest BCUT2D eigenvalue weighted by Crippen LogP contribution is -2.44. The van der Waals surface area contributed by atoms with Crippen molar-refractivity contribution in [2.75, 3.05) is 0 Å². The summed E-state index contributed by atoms with van der Waals surface area (Å²) in [7, 11) is 0. The normalized spacial score (nSPS) is 15.0. The summed E-state index contributed by atoms with van der Waals surface area (Å²) in [5, 5.41) is 29.9. The Bertz CT molecular complexity index is 597. The predicted molar refractivity (Wildman–Crippen MR) is 83.5 cm³/mol. The van der Waals surface area contributed by atoms with Gasteiger partial charge in [-0.05, 0) is 17.5 Å². The van der Waals surface area contributed by atoms with Crippen molar-refractivity contribution < 1.29 is 20.1 Å². The van der Waals surface area contributed by atoms with Crippen LogP contribution in [0.4, 0.5) is 0 Å². The fraction of sp³-hybridized carbons (Fsp3) is 0.278. The molecule has 0 aliphatic carbocycles. The summed E-state index contributed by atoms with van der Waals surface area (Å²) in [5.74, 6) is -1.32. The molecule has 0 saturated carbocycles. The van der Waals surface area contributed by atoms with Crippen LogP contribution in [-0.2, 0) is 17.6 Å². The summed E-state index contributed by atoms with van der Waals surface area (Å²) in [6.07, 6.45) is -0.862. The van der Waals surface area contributed by atoms with Crippen molar-refractivity contribution in [1.29, 1.82) is 0 Å². The van der Waals surface area contributed by atoms with Gasteiger partial charge in [-0.3, -0.25) is 0 Å². The number of carbonyl (C=O) groups is 1. The van der Waals surface area contributed by atoms with Crippen molar-refractivity contribution in [1.82, 2.24) is 0 Å². The highest BCUT2D eigenvalue weighted by Gasteiger charge is 2.38. The van der Waals surface area contributed by atoms with E-state index in [1.807, 2.05) is 36.4 Å². The van der Waals surface area contributed by atoms with Crippen LogP contribution in [0.5, 0.6) is 0 Å². The highest BCUT2D eigenvalue weighted by Crippen LogP contribution is 2.21. The topological polar surface area (TPSA) is 77.8 Å². The monoisotopic (exact) mass is 300 g/mol. The summed E-state index contributed by atoms with van der Waals surface area (Å²) in [6, 6.07) is 18.2. The number of rotatable bonds is 7. The van der Waals surface area contributed by atoms with E-state index in [2.05, 4.69) is 0 Å². The van der Waals surface area contributed by atoms with Gasteiger partial charge in [0, 0.05) is 12.8 Å². The average molecular weight is 300 g/mol. The van der Waals surface area contributed by atoms with Crippen molar-refractivity contribution in [2.24, 2.45) is 0 Å². The molecule has 2 unspecified atom stereocenters. The minimum absolute atomic E-state index is 0.0327. The first-order valence-electron chi connectivity index (χ1n) is 7.21. The van der Waals surface area contributed by atoms with E-state index in [-0.39, 0.29) is 12.8 Å². The summed E-state index contributed by atoms with van der Waals surface area (Å²) in [4.78, 5) is 11.5. The Morgan fingerprint density at radius 3 is 1.95 bits per heavy atom. The van der Waals surface area contributed by atoms with Gasteiger partial charge in [0.2, 0.25) is 0 Å². The molecule has 2 atom stereocenters. The zero-order valence-electron chi connectivity index (χ0n) is 12.2. The summed E-state index contributed by atoms with van der Waals surface area (Å²) >= 11 is 0. The Morgan fingerprint density at radius 1 is 0.955 bits per heavy atom. The van der Waals surface area contributed by atoms with E-state index in [1.54, 1.807) is 24.3 Å². The van der Waals surface area contributed by atoms with E-state index in [1.165, 1.54) is 0 Å². The first-order valence-corrected chi connectivity index (χ1v) is 7.21. The van der Waals surface area contributed by atoms with Crippen LogP contribution in [0.25, 0.3) is 0 Å². The van der Waals surface area contributed by atoms with Crippen LogP contribution >= 0.6 is 0 Å². The molecule has 0 aliphatic rings. The highest BCUT2D eigenvalue weighted by molar-refractivity contribution is 5.77. The molecule has 2 aromatic carbocycles. The second-order valence-corrected chi connectivity index (χ2v) is 5.55. The Morgan fingerprint density at radius 2 is 1.45 bits per heavy atom. The van der Waals surface area contributed by atoms with Crippen LogP contribution in [0.1, 0.15) is 17.5 Å². The van der Waals surface area contributed by atoms with Crippen molar-refractivity contribution in [3.05, 3.63) is 71.8 Å². The van der Waals surface area contributed by atoms with E-state index in [9.17, 15) is 20.1 Å². The second-order valence-electron chi connectivity index (χ2n) is 5.55. The molecule has 22 heavy (non-hydrogen) atoms. The van der Waals surface area contributed by atoms with E-state index in [0.29, 0.717) is 6.42 Å². The van der Waals surface area contributed by atoms with E-state index >= 15 is 0 Å². The van der Waals surface area contributed by atoms with Crippen molar-refractivity contribution in [3.8, 4) is 0 Å². The lowest BCUT2D eigenvalue weighted by molar-refractivity contribution is -0.161. The van der Waals surface area contributed by atoms with Gasteiger partial charge < -0.3 is 15.3 Å². The van der Waals surface area contributed by atoms with Crippen molar-refractivity contribution >= 4 is 5.97 Å². The Labute approximate surface area is 129 Å². The molecule has 0 fully saturated rings. The quantitative estimate of drug-likeness (QED) is 0.731. The molecule has 2 aromatic rings. The van der Waals surface area contributed by atoms with Gasteiger partial charge in [0.15, 0.2) is 5.60 Å². The molecule has 0 bridgehead atoms. The number of aliphatic hydroxyl groups excluding tert-OH is 1. The molecule has 2 rings (SSSR count). The fourth-order valence-corrected chi connectivity index (χ4v) is 2.52. The minimum atomic E-state index is -1.98. The standard InChI is InChI=1S/C18H20O4/c19-16(11-14-7-3-1-4-8-14)13-18(22,17(20)21)12-15-9-5-2-6-10-15/h1-10,16,19,22H,11-13H2,(H,20,21). The third-order valence-electron chi connectivity index (χ3n) is 3.62. The molecule has 0 heterocycles. The van der Waals surface area contributed by atoms with Crippen LogP contribution in [-0.4, -0.2) is 33.0 Å². The van der Waals surface area contributed by atoms with Gasteiger partial charge >= 0.3 is 5.97 Å². The Balaban J connectivity index is 2.06. The lowest BCUT2D eigenvalue weighted by Gasteiger charge is -2.26. The minimum Gasteiger partial charge on any atom is -0.479 e. The second kappa shape index (κ2) is 7.20. The van der Waals surface area contributed by atoms with Crippen LogP contribution in [0.2, 0.25) is 0 Å². The molecule has 0 saturated heterocycles. The first-order chi connectivity index (χ1) is 10.5. The molecule has 0 spiro atoms. The maximum Gasteiger partial charge on any atom is 0.336 e. The maximum absolute atomic E-state index is 11.5. The van der Waals surface area contributed by atoms with Crippen LogP contribution in [0.3, 0.4) is 0 Å².